The minimum atomic E-state index is -4.37. The monoisotopic (exact) mass is 507 g/mol. The highest BCUT2D eigenvalue weighted by molar-refractivity contribution is 9.10. The molecule has 32 heavy (non-hydrogen) atoms. The number of halogens is 4. The number of aromatic nitrogens is 1. The Morgan fingerprint density at radius 3 is 2.53 bits per heavy atom. The number of carbonyl (C=O) groups is 1. The van der Waals surface area contributed by atoms with Crippen LogP contribution in [0.25, 0.3) is 11.3 Å². The van der Waals surface area contributed by atoms with Crippen LogP contribution in [0.3, 0.4) is 0 Å². The van der Waals surface area contributed by atoms with E-state index in [9.17, 15) is 18.0 Å². The van der Waals surface area contributed by atoms with E-state index in [1.54, 1.807) is 17.2 Å². The van der Waals surface area contributed by atoms with Crippen LogP contribution < -0.4 is 4.90 Å². The maximum atomic E-state index is 13.0. The fourth-order valence-electron chi connectivity index (χ4n) is 3.67. The molecule has 2 aromatic carbocycles. The highest BCUT2D eigenvalue weighted by Gasteiger charge is 2.31. The first-order chi connectivity index (χ1) is 15.3. The smallest absolute Gasteiger partial charge is 0.416 e. The lowest BCUT2D eigenvalue weighted by Crippen LogP contribution is -2.48. The Bertz CT molecular complexity index is 1090. The van der Waals surface area contributed by atoms with Gasteiger partial charge in [0.25, 0.3) is 0 Å². The normalized spacial score (nSPS) is 14.6. The van der Waals surface area contributed by atoms with Crippen molar-refractivity contribution in [2.24, 2.45) is 0 Å². The van der Waals surface area contributed by atoms with Crippen molar-refractivity contribution >= 4 is 27.5 Å². The first-order valence-corrected chi connectivity index (χ1v) is 11.0. The van der Waals surface area contributed by atoms with Gasteiger partial charge in [-0.05, 0) is 30.3 Å². The molecular formula is C23H21BrF3N3O2. The molecule has 3 aromatic rings. The van der Waals surface area contributed by atoms with E-state index in [4.69, 9.17) is 4.42 Å². The SMILES string of the molecule is O=C(CCc1ncc(-c2cccc(Br)c2)o1)N1CCN(c2cccc(C(F)(F)F)c2)CC1. The summed E-state index contributed by atoms with van der Waals surface area (Å²) in [6.45, 7) is 1.89. The molecule has 1 aliphatic heterocycles. The number of oxazole rings is 1. The van der Waals surface area contributed by atoms with Crippen molar-refractivity contribution in [3.63, 3.8) is 0 Å². The number of hydrogen-bond donors (Lipinski definition) is 0. The summed E-state index contributed by atoms with van der Waals surface area (Å²) in [5.74, 6) is 1.12. The molecule has 0 spiro atoms. The zero-order chi connectivity index (χ0) is 22.7. The van der Waals surface area contributed by atoms with Crippen LogP contribution in [0.2, 0.25) is 0 Å². The Labute approximate surface area is 192 Å². The fraction of sp³-hybridized carbons (Fsp3) is 0.304. The van der Waals surface area contributed by atoms with Gasteiger partial charge in [-0.25, -0.2) is 4.98 Å². The molecular weight excluding hydrogens is 487 g/mol. The third kappa shape index (κ3) is 5.32. The van der Waals surface area contributed by atoms with Crippen LogP contribution in [0.15, 0.2) is 63.6 Å². The van der Waals surface area contributed by atoms with Gasteiger partial charge in [0, 0.05) is 54.7 Å². The molecule has 0 bridgehead atoms. The molecule has 2 heterocycles. The zero-order valence-corrected chi connectivity index (χ0v) is 18.7. The second kappa shape index (κ2) is 9.36. The molecule has 9 heteroatoms. The van der Waals surface area contributed by atoms with Crippen molar-refractivity contribution < 1.29 is 22.4 Å². The molecule has 0 radical (unpaired) electrons. The van der Waals surface area contributed by atoms with E-state index in [1.165, 1.54) is 6.07 Å². The van der Waals surface area contributed by atoms with Crippen molar-refractivity contribution in [2.45, 2.75) is 19.0 Å². The van der Waals surface area contributed by atoms with Gasteiger partial charge < -0.3 is 14.2 Å². The van der Waals surface area contributed by atoms with Gasteiger partial charge in [-0.2, -0.15) is 13.2 Å². The lowest BCUT2D eigenvalue weighted by atomic mass is 10.1. The fourth-order valence-corrected chi connectivity index (χ4v) is 4.07. The molecule has 1 fully saturated rings. The van der Waals surface area contributed by atoms with Gasteiger partial charge in [0.05, 0.1) is 11.8 Å². The van der Waals surface area contributed by atoms with Crippen LogP contribution in [-0.2, 0) is 17.4 Å². The number of piperazine rings is 1. The molecule has 1 aliphatic rings. The standard InChI is InChI=1S/C23H21BrF3N3O2/c24-18-5-1-3-16(13-18)20-15-28-21(32-20)7-8-22(31)30-11-9-29(10-12-30)19-6-2-4-17(14-19)23(25,26)27/h1-6,13-15H,7-12H2. The Kier molecular flexibility index (Phi) is 6.55. The number of hydrogen-bond acceptors (Lipinski definition) is 4. The topological polar surface area (TPSA) is 49.6 Å². The van der Waals surface area contributed by atoms with Gasteiger partial charge in [0.1, 0.15) is 0 Å². The minimum Gasteiger partial charge on any atom is -0.441 e. The number of nitrogens with zero attached hydrogens (tertiary/aromatic N) is 3. The first kappa shape index (κ1) is 22.4. The Morgan fingerprint density at radius 1 is 1.06 bits per heavy atom. The molecule has 0 atom stereocenters. The van der Waals surface area contributed by atoms with Gasteiger partial charge >= 0.3 is 6.18 Å². The van der Waals surface area contributed by atoms with Crippen molar-refractivity contribution in [3.05, 3.63) is 70.7 Å². The van der Waals surface area contributed by atoms with Crippen molar-refractivity contribution in [3.8, 4) is 11.3 Å². The summed E-state index contributed by atoms with van der Waals surface area (Å²) < 4.78 is 45.6. The second-order valence-electron chi connectivity index (χ2n) is 7.54. The van der Waals surface area contributed by atoms with E-state index in [2.05, 4.69) is 20.9 Å². The lowest BCUT2D eigenvalue weighted by molar-refractivity contribution is -0.137. The summed E-state index contributed by atoms with van der Waals surface area (Å²) in [6.07, 6.45) is -2.07. The second-order valence-corrected chi connectivity index (χ2v) is 8.46. The van der Waals surface area contributed by atoms with Crippen LogP contribution in [0, 0.1) is 0 Å². The minimum absolute atomic E-state index is 0.0177. The maximum Gasteiger partial charge on any atom is 0.416 e. The van der Waals surface area contributed by atoms with E-state index in [1.807, 2.05) is 29.2 Å². The molecule has 1 aromatic heterocycles. The van der Waals surface area contributed by atoms with Gasteiger partial charge in [0.15, 0.2) is 11.7 Å². The van der Waals surface area contributed by atoms with Crippen LogP contribution >= 0.6 is 15.9 Å². The number of aryl methyl sites for hydroxylation is 1. The first-order valence-electron chi connectivity index (χ1n) is 10.2. The Morgan fingerprint density at radius 2 is 1.81 bits per heavy atom. The lowest BCUT2D eigenvalue weighted by Gasteiger charge is -2.36. The molecule has 0 N–H and O–H groups in total. The number of anilines is 1. The molecule has 0 saturated carbocycles. The number of carbonyl (C=O) groups excluding carboxylic acids is 1. The summed E-state index contributed by atoms with van der Waals surface area (Å²) in [4.78, 5) is 20.5. The molecule has 4 rings (SSSR count). The average Bonchev–Trinajstić information content (AvgIpc) is 3.26. The third-order valence-corrected chi connectivity index (χ3v) is 5.88. The number of amides is 1. The number of rotatable bonds is 5. The number of benzene rings is 2. The largest absolute Gasteiger partial charge is 0.441 e. The van der Waals surface area contributed by atoms with Gasteiger partial charge in [-0.15, -0.1) is 0 Å². The summed E-state index contributed by atoms with van der Waals surface area (Å²) in [7, 11) is 0. The maximum absolute atomic E-state index is 13.0. The van der Waals surface area contributed by atoms with E-state index in [0.29, 0.717) is 49.9 Å². The van der Waals surface area contributed by atoms with Gasteiger partial charge in [0.2, 0.25) is 5.91 Å². The Hall–Kier alpha value is -2.81. The quantitative estimate of drug-likeness (QED) is 0.463. The van der Waals surface area contributed by atoms with E-state index in [0.717, 1.165) is 22.2 Å². The predicted octanol–water partition coefficient (Wildman–Crippen LogP) is 5.40. The van der Waals surface area contributed by atoms with E-state index >= 15 is 0 Å². The molecule has 1 saturated heterocycles. The molecule has 168 valence electrons. The summed E-state index contributed by atoms with van der Waals surface area (Å²) in [6, 6.07) is 13.0. The van der Waals surface area contributed by atoms with E-state index < -0.39 is 11.7 Å². The van der Waals surface area contributed by atoms with E-state index in [-0.39, 0.29) is 12.3 Å². The summed E-state index contributed by atoms with van der Waals surface area (Å²) in [5, 5.41) is 0. The Balaban J connectivity index is 1.29. The molecule has 0 aliphatic carbocycles. The number of alkyl halides is 3. The van der Waals surface area contributed by atoms with Crippen LogP contribution in [0.4, 0.5) is 18.9 Å². The van der Waals surface area contributed by atoms with Crippen molar-refractivity contribution in [2.75, 3.05) is 31.1 Å². The molecule has 0 unspecified atom stereocenters. The van der Waals surface area contributed by atoms with Gasteiger partial charge in [-0.3, -0.25) is 4.79 Å². The molecule has 1 amide bonds. The van der Waals surface area contributed by atoms with Crippen LogP contribution in [0.1, 0.15) is 17.9 Å². The summed E-state index contributed by atoms with van der Waals surface area (Å²) >= 11 is 3.43. The van der Waals surface area contributed by atoms with Crippen LogP contribution in [0.5, 0.6) is 0 Å². The average molecular weight is 508 g/mol. The van der Waals surface area contributed by atoms with Crippen molar-refractivity contribution in [1.82, 2.24) is 9.88 Å². The highest BCUT2D eigenvalue weighted by atomic mass is 79.9. The molecule has 5 nitrogen and oxygen atoms in total. The predicted molar refractivity (Wildman–Crippen MR) is 118 cm³/mol. The zero-order valence-electron chi connectivity index (χ0n) is 17.1. The highest BCUT2D eigenvalue weighted by Crippen LogP contribution is 2.32. The third-order valence-electron chi connectivity index (χ3n) is 5.39. The summed E-state index contributed by atoms with van der Waals surface area (Å²) in [5.41, 5.74) is 0.753. The van der Waals surface area contributed by atoms with Crippen LogP contribution in [-0.4, -0.2) is 42.0 Å². The van der Waals surface area contributed by atoms with Crippen molar-refractivity contribution in [1.29, 1.82) is 0 Å². The van der Waals surface area contributed by atoms with Gasteiger partial charge in [-0.1, -0.05) is 34.1 Å².